The predicted molar refractivity (Wildman–Crippen MR) is 87.7 cm³/mol. The molecule has 0 unspecified atom stereocenters. The van der Waals surface area contributed by atoms with E-state index in [1.165, 1.54) is 0 Å². The molecule has 1 rings (SSSR count). The summed E-state index contributed by atoms with van der Waals surface area (Å²) >= 11 is 1.82. The summed E-state index contributed by atoms with van der Waals surface area (Å²) in [6, 6.07) is 0. The van der Waals surface area contributed by atoms with Crippen LogP contribution >= 0.6 is 43.3 Å². The summed E-state index contributed by atoms with van der Waals surface area (Å²) in [5, 5.41) is 0. The van der Waals surface area contributed by atoms with Gasteiger partial charge in [0.25, 0.3) is 0 Å². The van der Waals surface area contributed by atoms with Gasteiger partial charge in [0, 0.05) is 12.1 Å². The Morgan fingerprint density at radius 2 is 1.25 bits per heavy atom. The highest BCUT2D eigenvalue weighted by atomic mass is 32.4. The first-order chi connectivity index (χ1) is 6.96. The van der Waals surface area contributed by atoms with Gasteiger partial charge in [0.15, 0.2) is 0 Å². The summed E-state index contributed by atoms with van der Waals surface area (Å²) in [6.45, 7) is 0. The lowest BCUT2D eigenvalue weighted by atomic mass is 11.3. The molecule has 0 aromatic rings. The second-order valence-electron chi connectivity index (χ2n) is 5.16. The number of hydrogen-bond acceptors (Lipinski definition) is 5. The first kappa shape index (κ1) is 15.3. The van der Waals surface area contributed by atoms with Gasteiger partial charge in [0.05, 0.1) is 0 Å². The zero-order chi connectivity index (χ0) is 12.8. The molecule has 0 saturated carbocycles. The fourth-order valence-corrected chi connectivity index (χ4v) is 18.2. The van der Waals surface area contributed by atoms with E-state index in [1.807, 2.05) is 12.1 Å². The van der Waals surface area contributed by atoms with E-state index in [0.29, 0.717) is 0 Å². The molecule has 102 valence electrons. The van der Waals surface area contributed by atoms with Gasteiger partial charge in [-0.15, -0.1) is 34.3 Å². The Hall–Kier alpha value is 1.24. The number of rotatable bonds is 2. The minimum atomic E-state index is -0.918. The second-order valence-corrected chi connectivity index (χ2v) is 16.9. The van der Waals surface area contributed by atoms with Crippen molar-refractivity contribution in [2.24, 2.45) is 0 Å². The number of hydrogen-bond donors (Lipinski definition) is 2. The quantitative estimate of drug-likeness (QED) is 0.765. The lowest BCUT2D eigenvalue weighted by Gasteiger charge is -2.64. The van der Waals surface area contributed by atoms with Crippen molar-refractivity contribution in [2.75, 3.05) is 51.6 Å². The Morgan fingerprint density at radius 1 is 0.875 bits per heavy atom. The average Bonchev–Trinajstić information content (AvgIpc) is 1.92. The van der Waals surface area contributed by atoms with E-state index in [9.17, 15) is 0 Å². The molecule has 0 radical (unpaired) electrons. The first-order valence-corrected chi connectivity index (χ1v) is 12.9. The molecule has 0 bridgehead atoms. The topological polar surface area (TPSA) is 30.5 Å². The highest BCUT2D eigenvalue weighted by molar-refractivity contribution is 8.60. The molecule has 1 heterocycles. The predicted octanol–water partition coefficient (Wildman–Crippen LogP) is 2.29. The van der Waals surface area contributed by atoms with Crippen LogP contribution in [0.15, 0.2) is 0 Å². The molecule has 0 aromatic heterocycles. The van der Waals surface area contributed by atoms with Crippen molar-refractivity contribution >= 4 is 43.3 Å². The van der Waals surface area contributed by atoms with Crippen LogP contribution < -0.4 is 8.25 Å². The third-order valence-corrected chi connectivity index (χ3v) is 15.2. The van der Waals surface area contributed by atoms with E-state index >= 15 is 0 Å². The molecule has 4 nitrogen and oxygen atoms in total. The monoisotopic (exact) mass is 306 g/mol. The van der Waals surface area contributed by atoms with Gasteiger partial charge in [0.1, 0.15) is 0 Å². The van der Waals surface area contributed by atoms with Crippen molar-refractivity contribution in [3.05, 3.63) is 0 Å². The zero-order valence-corrected chi connectivity index (χ0v) is 14.8. The third kappa shape index (κ3) is 3.61. The van der Waals surface area contributed by atoms with Gasteiger partial charge in [-0.25, -0.2) is 12.6 Å². The van der Waals surface area contributed by atoms with Gasteiger partial charge < -0.3 is 0 Å². The molecule has 0 aliphatic carbocycles. The molecular weight excluding hydrogens is 280 g/mol. The maximum atomic E-state index is 3.80. The zero-order valence-electron chi connectivity index (χ0n) is 11.5. The summed E-state index contributed by atoms with van der Waals surface area (Å²) in [7, 11) is 1.50. The fourth-order valence-electron chi connectivity index (χ4n) is 1.86. The van der Waals surface area contributed by atoms with Crippen molar-refractivity contribution in [1.29, 1.82) is 0 Å². The molecule has 0 aromatic carbocycles. The Labute approximate surface area is 110 Å². The molecular formula is C8H26N4S4. The molecule has 1 saturated heterocycles. The van der Waals surface area contributed by atoms with Gasteiger partial charge >= 0.3 is 0 Å². The van der Waals surface area contributed by atoms with E-state index in [4.69, 9.17) is 0 Å². The average molecular weight is 307 g/mol. The Bertz CT molecular complexity index is 247. The lowest BCUT2D eigenvalue weighted by molar-refractivity contribution is 0.691. The third-order valence-electron chi connectivity index (χ3n) is 1.80. The van der Waals surface area contributed by atoms with Gasteiger partial charge in [-0.1, -0.05) is 0 Å². The van der Waals surface area contributed by atoms with E-state index in [-0.39, 0.29) is 0 Å². The Balaban J connectivity index is 2.97. The SMILES string of the molecule is CN(C)SN1S(C)(C)NS(C)(C)NS1(C)C. The maximum absolute atomic E-state index is 3.80. The summed E-state index contributed by atoms with van der Waals surface area (Å²) in [5.41, 5.74) is 0. The second kappa shape index (κ2) is 4.73. The molecule has 8 heteroatoms. The molecule has 0 spiro atoms. The van der Waals surface area contributed by atoms with Crippen LogP contribution in [0, 0.1) is 0 Å². The van der Waals surface area contributed by atoms with Crippen LogP contribution in [0.2, 0.25) is 0 Å². The maximum Gasteiger partial charge on any atom is 0.0300 e. The summed E-state index contributed by atoms with van der Waals surface area (Å²) in [4.78, 5) is 0. The van der Waals surface area contributed by atoms with Crippen molar-refractivity contribution in [1.82, 2.24) is 15.7 Å². The summed E-state index contributed by atoms with van der Waals surface area (Å²) in [5.74, 6) is 0. The van der Waals surface area contributed by atoms with E-state index in [2.05, 4.69) is 67.3 Å². The number of nitrogens with one attached hydrogen (secondary N) is 2. The van der Waals surface area contributed by atoms with Crippen molar-refractivity contribution in [2.45, 2.75) is 0 Å². The van der Waals surface area contributed by atoms with E-state index in [0.717, 1.165) is 0 Å². The highest BCUT2D eigenvalue weighted by Gasteiger charge is 2.42. The molecule has 16 heavy (non-hydrogen) atoms. The Kier molecular flexibility index (Phi) is 4.52. The van der Waals surface area contributed by atoms with Gasteiger partial charge in [-0.05, 0) is 51.6 Å². The first-order valence-electron chi connectivity index (χ1n) is 4.89. The minimum Gasteiger partial charge on any atom is -0.242 e. The van der Waals surface area contributed by atoms with Crippen molar-refractivity contribution < 1.29 is 0 Å². The fraction of sp³-hybridized carbons (Fsp3) is 1.00. The lowest BCUT2D eigenvalue weighted by Crippen LogP contribution is -2.49. The number of nitrogens with zero attached hydrogens (tertiary/aromatic N) is 2. The molecule has 1 aliphatic heterocycles. The molecule has 1 fully saturated rings. The molecule has 0 amide bonds. The van der Waals surface area contributed by atoms with Crippen LogP contribution in [0.3, 0.4) is 0 Å². The Morgan fingerprint density at radius 3 is 1.56 bits per heavy atom. The van der Waals surface area contributed by atoms with Gasteiger partial charge in [-0.3, -0.25) is 0 Å². The normalized spacial score (nSPS) is 34.3. The molecule has 0 atom stereocenters. The van der Waals surface area contributed by atoms with Crippen molar-refractivity contribution in [3.63, 3.8) is 0 Å². The van der Waals surface area contributed by atoms with Gasteiger partial charge in [0.2, 0.25) is 0 Å². The van der Waals surface area contributed by atoms with Crippen LogP contribution in [0.4, 0.5) is 0 Å². The van der Waals surface area contributed by atoms with Crippen LogP contribution in [-0.4, -0.2) is 59.1 Å². The van der Waals surface area contributed by atoms with E-state index in [1.54, 1.807) is 0 Å². The minimum absolute atomic E-state index is 0.866. The molecule has 2 N–H and O–H groups in total. The smallest absolute Gasteiger partial charge is 0.0300 e. The largest absolute Gasteiger partial charge is 0.242 e. The van der Waals surface area contributed by atoms with Crippen LogP contribution in [0.1, 0.15) is 0 Å². The van der Waals surface area contributed by atoms with E-state index < -0.39 is 31.2 Å². The van der Waals surface area contributed by atoms with Crippen LogP contribution in [0.25, 0.3) is 0 Å². The van der Waals surface area contributed by atoms with Crippen LogP contribution in [0.5, 0.6) is 0 Å². The summed E-state index contributed by atoms with van der Waals surface area (Å²) < 4.78 is 12.3. The summed E-state index contributed by atoms with van der Waals surface area (Å²) in [6.07, 6.45) is 14.0. The van der Waals surface area contributed by atoms with Gasteiger partial charge in [-0.2, -0.15) is 0 Å². The standard InChI is InChI=1S/C8H26N4S4/c1-11(2)13-12-15(5,6)9-14(3,4)10-16(12,7)8/h9-10H,1-8H3. The highest BCUT2D eigenvalue weighted by Crippen LogP contribution is 2.70. The van der Waals surface area contributed by atoms with Crippen molar-refractivity contribution in [3.8, 4) is 0 Å². The molecule has 1 aliphatic rings. The van der Waals surface area contributed by atoms with Crippen LogP contribution in [-0.2, 0) is 0 Å².